The highest BCUT2D eigenvalue weighted by molar-refractivity contribution is 5.73. The zero-order valence-corrected chi connectivity index (χ0v) is 7.62. The maximum atomic E-state index is 11.1. The molecule has 0 spiro atoms. The Morgan fingerprint density at radius 2 is 2.17 bits per heavy atom. The lowest BCUT2D eigenvalue weighted by Gasteiger charge is -2.29. The van der Waals surface area contributed by atoms with Crippen molar-refractivity contribution in [1.29, 1.82) is 0 Å². The van der Waals surface area contributed by atoms with E-state index in [-0.39, 0.29) is 11.9 Å². The van der Waals surface area contributed by atoms with E-state index in [1.165, 1.54) is 7.11 Å². The van der Waals surface area contributed by atoms with Crippen LogP contribution in [0, 0.1) is 11.8 Å². The first-order valence-electron chi connectivity index (χ1n) is 4.41. The first-order valence-corrected chi connectivity index (χ1v) is 4.41. The molecule has 0 bridgehead atoms. The predicted octanol–water partition coefficient (Wildman–Crippen LogP) is 0.956. The summed E-state index contributed by atoms with van der Waals surface area (Å²) in [6.07, 6.45) is 2.00. The molecule has 0 amide bonds. The third-order valence-corrected chi connectivity index (χ3v) is 2.58. The lowest BCUT2D eigenvalue weighted by Crippen LogP contribution is -2.34. The fourth-order valence-electron chi connectivity index (χ4n) is 1.77. The largest absolute Gasteiger partial charge is 0.469 e. The van der Waals surface area contributed by atoms with Crippen molar-refractivity contribution in [3.05, 3.63) is 0 Å². The Balaban J connectivity index is 2.54. The molecule has 12 heavy (non-hydrogen) atoms. The Morgan fingerprint density at radius 3 is 2.75 bits per heavy atom. The Kier molecular flexibility index (Phi) is 3.09. The number of carbonyl (C=O) groups excluding carboxylic acids is 1. The lowest BCUT2D eigenvalue weighted by atomic mass is 9.80. The molecule has 0 aromatic rings. The van der Waals surface area contributed by atoms with Crippen LogP contribution in [0.5, 0.6) is 0 Å². The highest BCUT2D eigenvalue weighted by atomic mass is 16.5. The number of rotatable bonds is 1. The summed E-state index contributed by atoms with van der Waals surface area (Å²) in [5.74, 6) is -0.0368. The average Bonchev–Trinajstić information content (AvgIpc) is 2.08. The highest BCUT2D eigenvalue weighted by Crippen LogP contribution is 2.29. The van der Waals surface area contributed by atoms with Gasteiger partial charge in [0.25, 0.3) is 0 Å². The molecule has 3 nitrogen and oxygen atoms in total. The highest BCUT2D eigenvalue weighted by Gasteiger charge is 2.33. The van der Waals surface area contributed by atoms with Gasteiger partial charge in [-0.05, 0) is 25.2 Å². The van der Waals surface area contributed by atoms with Crippen LogP contribution in [0.4, 0.5) is 0 Å². The van der Waals surface area contributed by atoms with E-state index in [1.807, 2.05) is 0 Å². The van der Waals surface area contributed by atoms with Crippen molar-refractivity contribution in [3.8, 4) is 0 Å². The summed E-state index contributed by atoms with van der Waals surface area (Å²) in [6, 6.07) is 0. The molecule has 0 saturated heterocycles. The van der Waals surface area contributed by atoms with Gasteiger partial charge >= 0.3 is 5.97 Å². The van der Waals surface area contributed by atoms with Crippen LogP contribution in [0.2, 0.25) is 0 Å². The van der Waals surface area contributed by atoms with Gasteiger partial charge in [0.15, 0.2) is 0 Å². The molecule has 1 N–H and O–H groups in total. The molecule has 0 radical (unpaired) electrons. The van der Waals surface area contributed by atoms with Crippen LogP contribution < -0.4 is 0 Å². The number of methoxy groups -OCH3 is 1. The second-order valence-corrected chi connectivity index (χ2v) is 3.62. The SMILES string of the molecule is COC(=O)C1CC(C)CCC1O. The Bertz CT molecular complexity index is 167. The van der Waals surface area contributed by atoms with Crippen LogP contribution in [-0.4, -0.2) is 24.3 Å². The fraction of sp³-hybridized carbons (Fsp3) is 0.889. The maximum absolute atomic E-state index is 11.1. The molecule has 3 heteroatoms. The molecule has 1 saturated carbocycles. The molecule has 1 rings (SSSR count). The summed E-state index contributed by atoms with van der Waals surface area (Å²) < 4.78 is 4.61. The molecular formula is C9H16O3. The number of hydrogen-bond donors (Lipinski definition) is 1. The van der Waals surface area contributed by atoms with Gasteiger partial charge < -0.3 is 9.84 Å². The van der Waals surface area contributed by atoms with Gasteiger partial charge in [-0.3, -0.25) is 4.79 Å². The number of aliphatic hydroxyl groups excluding tert-OH is 1. The van der Waals surface area contributed by atoms with E-state index in [4.69, 9.17) is 0 Å². The molecule has 1 aliphatic carbocycles. The zero-order chi connectivity index (χ0) is 9.14. The van der Waals surface area contributed by atoms with E-state index < -0.39 is 6.10 Å². The van der Waals surface area contributed by atoms with Crippen LogP contribution in [0.25, 0.3) is 0 Å². The van der Waals surface area contributed by atoms with E-state index in [1.54, 1.807) is 0 Å². The van der Waals surface area contributed by atoms with Gasteiger partial charge in [-0.1, -0.05) is 6.92 Å². The van der Waals surface area contributed by atoms with E-state index in [0.717, 1.165) is 19.3 Å². The van der Waals surface area contributed by atoms with Gasteiger partial charge in [-0.25, -0.2) is 0 Å². The van der Waals surface area contributed by atoms with Crippen LogP contribution in [0.15, 0.2) is 0 Å². The van der Waals surface area contributed by atoms with E-state index >= 15 is 0 Å². The van der Waals surface area contributed by atoms with Gasteiger partial charge in [-0.2, -0.15) is 0 Å². The van der Waals surface area contributed by atoms with Crippen LogP contribution in [0.1, 0.15) is 26.2 Å². The third-order valence-electron chi connectivity index (χ3n) is 2.58. The van der Waals surface area contributed by atoms with Gasteiger partial charge in [0, 0.05) is 0 Å². The summed E-state index contributed by atoms with van der Waals surface area (Å²) in [4.78, 5) is 11.1. The van der Waals surface area contributed by atoms with Crippen LogP contribution in [0.3, 0.4) is 0 Å². The summed E-state index contributed by atoms with van der Waals surface area (Å²) in [5, 5.41) is 9.49. The molecule has 0 aromatic heterocycles. The molecule has 1 aliphatic rings. The molecule has 3 unspecified atom stereocenters. The van der Waals surface area contributed by atoms with Crippen molar-refractivity contribution in [2.75, 3.05) is 7.11 Å². The molecule has 70 valence electrons. The second-order valence-electron chi connectivity index (χ2n) is 3.62. The number of ether oxygens (including phenoxy) is 1. The van der Waals surface area contributed by atoms with Crippen molar-refractivity contribution in [1.82, 2.24) is 0 Å². The summed E-state index contributed by atoms with van der Waals surface area (Å²) in [7, 11) is 1.37. The Labute approximate surface area is 72.7 Å². The summed E-state index contributed by atoms with van der Waals surface area (Å²) >= 11 is 0. The average molecular weight is 172 g/mol. The molecule has 0 aliphatic heterocycles. The molecule has 0 aromatic carbocycles. The number of esters is 1. The van der Waals surface area contributed by atoms with Crippen molar-refractivity contribution in [2.45, 2.75) is 32.3 Å². The predicted molar refractivity (Wildman–Crippen MR) is 44.5 cm³/mol. The Hall–Kier alpha value is -0.570. The Morgan fingerprint density at radius 1 is 1.50 bits per heavy atom. The third kappa shape index (κ3) is 1.97. The number of carbonyl (C=O) groups is 1. The first kappa shape index (κ1) is 9.52. The van der Waals surface area contributed by atoms with E-state index in [9.17, 15) is 9.90 Å². The molecule has 3 atom stereocenters. The first-order chi connectivity index (χ1) is 5.65. The van der Waals surface area contributed by atoms with Crippen molar-refractivity contribution in [3.63, 3.8) is 0 Å². The van der Waals surface area contributed by atoms with Crippen molar-refractivity contribution < 1.29 is 14.6 Å². The number of hydrogen-bond acceptors (Lipinski definition) is 3. The van der Waals surface area contributed by atoms with Gasteiger partial charge in [0.05, 0.1) is 19.1 Å². The summed E-state index contributed by atoms with van der Waals surface area (Å²) in [5.41, 5.74) is 0. The van der Waals surface area contributed by atoms with Crippen LogP contribution >= 0.6 is 0 Å². The summed E-state index contributed by atoms with van der Waals surface area (Å²) in [6.45, 7) is 2.10. The standard InChI is InChI=1S/C9H16O3/c1-6-3-4-8(10)7(5-6)9(11)12-2/h6-8,10H,3-5H2,1-2H3. The molecule has 0 heterocycles. The van der Waals surface area contributed by atoms with E-state index in [2.05, 4.69) is 11.7 Å². The van der Waals surface area contributed by atoms with Gasteiger partial charge in [0.2, 0.25) is 0 Å². The maximum Gasteiger partial charge on any atom is 0.311 e. The van der Waals surface area contributed by atoms with Crippen LogP contribution in [-0.2, 0) is 9.53 Å². The quantitative estimate of drug-likeness (QED) is 0.599. The lowest BCUT2D eigenvalue weighted by molar-refractivity contribution is -0.152. The number of aliphatic hydroxyl groups is 1. The van der Waals surface area contributed by atoms with Gasteiger partial charge in [0.1, 0.15) is 0 Å². The monoisotopic (exact) mass is 172 g/mol. The molecular weight excluding hydrogens is 156 g/mol. The zero-order valence-electron chi connectivity index (χ0n) is 7.62. The van der Waals surface area contributed by atoms with Gasteiger partial charge in [-0.15, -0.1) is 0 Å². The van der Waals surface area contributed by atoms with Crippen molar-refractivity contribution in [2.24, 2.45) is 11.8 Å². The topological polar surface area (TPSA) is 46.5 Å². The smallest absolute Gasteiger partial charge is 0.311 e. The second kappa shape index (κ2) is 3.90. The van der Waals surface area contributed by atoms with Crippen molar-refractivity contribution >= 4 is 5.97 Å². The minimum Gasteiger partial charge on any atom is -0.469 e. The molecule has 1 fully saturated rings. The minimum atomic E-state index is -0.492. The fourth-order valence-corrected chi connectivity index (χ4v) is 1.77. The normalized spacial score (nSPS) is 36.1. The van der Waals surface area contributed by atoms with E-state index in [0.29, 0.717) is 5.92 Å². The minimum absolute atomic E-state index is 0.269.